The Morgan fingerprint density at radius 1 is 1.24 bits per heavy atom. The Kier molecular flexibility index (Phi) is 4.45. The fourth-order valence-corrected chi connectivity index (χ4v) is 1.20. The summed E-state index contributed by atoms with van der Waals surface area (Å²) in [5.74, 6) is -1.84. The Morgan fingerprint density at radius 3 is 2.29 bits per heavy atom. The van der Waals surface area contributed by atoms with Crippen molar-refractivity contribution < 1.29 is 23.1 Å². The Balaban J connectivity index is 2.78. The highest BCUT2D eigenvalue weighted by molar-refractivity contribution is 6.00. The second-order valence-corrected chi connectivity index (χ2v) is 3.36. The normalized spacial score (nSPS) is 12.0. The molecule has 1 aromatic rings. The van der Waals surface area contributed by atoms with E-state index in [9.17, 15) is 18.0 Å². The van der Waals surface area contributed by atoms with Gasteiger partial charge in [0, 0.05) is 12.2 Å². The SMILES string of the molecule is O=C(c1ccc(C=CCCO)cc1)C(F)(F)F. The first kappa shape index (κ1) is 13.4. The number of benzene rings is 1. The first-order valence-corrected chi connectivity index (χ1v) is 4.94. The monoisotopic (exact) mass is 244 g/mol. The molecule has 0 unspecified atom stereocenters. The van der Waals surface area contributed by atoms with Crippen LogP contribution in [0.4, 0.5) is 13.2 Å². The predicted molar refractivity (Wildman–Crippen MR) is 57.6 cm³/mol. The molecule has 0 bridgehead atoms. The fourth-order valence-electron chi connectivity index (χ4n) is 1.20. The van der Waals surface area contributed by atoms with E-state index in [1.807, 2.05) is 0 Å². The Morgan fingerprint density at radius 2 is 1.82 bits per heavy atom. The molecule has 2 nitrogen and oxygen atoms in total. The highest BCUT2D eigenvalue weighted by atomic mass is 19.4. The van der Waals surface area contributed by atoms with Crippen LogP contribution in [0, 0.1) is 0 Å². The molecule has 1 N–H and O–H groups in total. The molecule has 17 heavy (non-hydrogen) atoms. The summed E-state index contributed by atoms with van der Waals surface area (Å²) in [6, 6.07) is 5.11. The summed E-state index contributed by atoms with van der Waals surface area (Å²) in [6.45, 7) is 0.0150. The van der Waals surface area contributed by atoms with Crippen LogP contribution in [0.5, 0.6) is 0 Å². The average Bonchev–Trinajstić information content (AvgIpc) is 2.28. The van der Waals surface area contributed by atoms with Gasteiger partial charge in [0.1, 0.15) is 0 Å². The molecule has 0 aliphatic heterocycles. The van der Waals surface area contributed by atoms with Gasteiger partial charge in [-0.2, -0.15) is 13.2 Å². The van der Waals surface area contributed by atoms with Gasteiger partial charge >= 0.3 is 6.18 Å². The van der Waals surface area contributed by atoms with Crippen molar-refractivity contribution in [2.45, 2.75) is 12.6 Å². The fraction of sp³-hybridized carbons (Fsp3) is 0.250. The molecular formula is C12H11F3O2. The summed E-state index contributed by atoms with van der Waals surface area (Å²) in [6.07, 6.45) is -1.00. The summed E-state index contributed by atoms with van der Waals surface area (Å²) >= 11 is 0. The van der Waals surface area contributed by atoms with Crippen LogP contribution < -0.4 is 0 Å². The maximum atomic E-state index is 12.1. The minimum Gasteiger partial charge on any atom is -0.396 e. The lowest BCUT2D eigenvalue weighted by atomic mass is 10.1. The third-order valence-corrected chi connectivity index (χ3v) is 2.04. The van der Waals surface area contributed by atoms with E-state index in [-0.39, 0.29) is 12.2 Å². The van der Waals surface area contributed by atoms with Crippen molar-refractivity contribution in [2.24, 2.45) is 0 Å². The number of hydrogen-bond acceptors (Lipinski definition) is 2. The molecule has 0 saturated carbocycles. The topological polar surface area (TPSA) is 37.3 Å². The number of carbonyl (C=O) groups is 1. The van der Waals surface area contributed by atoms with Gasteiger partial charge in [-0.15, -0.1) is 0 Å². The number of carbonyl (C=O) groups excluding carboxylic acids is 1. The Labute approximate surface area is 96.4 Å². The van der Waals surface area contributed by atoms with Crippen LogP contribution in [0.1, 0.15) is 22.3 Å². The number of alkyl halides is 3. The first-order chi connectivity index (χ1) is 7.95. The van der Waals surface area contributed by atoms with E-state index in [1.165, 1.54) is 12.1 Å². The van der Waals surface area contributed by atoms with Crippen LogP contribution in [0.15, 0.2) is 30.3 Å². The van der Waals surface area contributed by atoms with Gasteiger partial charge in [0.05, 0.1) is 0 Å². The molecule has 0 heterocycles. The quantitative estimate of drug-likeness (QED) is 0.827. The summed E-state index contributed by atoms with van der Waals surface area (Å²) < 4.78 is 36.3. The second kappa shape index (κ2) is 5.63. The number of aliphatic hydroxyl groups excluding tert-OH is 1. The summed E-state index contributed by atoms with van der Waals surface area (Å²) in [5.41, 5.74) is 0.300. The zero-order valence-corrected chi connectivity index (χ0v) is 8.87. The number of aliphatic hydroxyl groups is 1. The molecule has 0 amide bonds. The van der Waals surface area contributed by atoms with Crippen molar-refractivity contribution in [1.29, 1.82) is 0 Å². The van der Waals surface area contributed by atoms with E-state index in [0.29, 0.717) is 12.0 Å². The van der Waals surface area contributed by atoms with Gasteiger partial charge in [0.25, 0.3) is 5.78 Å². The highest BCUT2D eigenvalue weighted by Crippen LogP contribution is 2.21. The van der Waals surface area contributed by atoms with Gasteiger partial charge in [-0.3, -0.25) is 4.79 Å². The van der Waals surface area contributed by atoms with Crippen LogP contribution in [-0.4, -0.2) is 23.7 Å². The summed E-state index contributed by atoms with van der Waals surface area (Å²) in [7, 11) is 0. The number of hydrogen-bond donors (Lipinski definition) is 1. The molecule has 0 atom stereocenters. The maximum absolute atomic E-state index is 12.1. The van der Waals surface area contributed by atoms with E-state index in [1.54, 1.807) is 12.2 Å². The van der Waals surface area contributed by atoms with Crippen molar-refractivity contribution in [3.63, 3.8) is 0 Å². The van der Waals surface area contributed by atoms with Gasteiger partial charge in [-0.1, -0.05) is 36.4 Å². The average molecular weight is 244 g/mol. The van der Waals surface area contributed by atoms with Crippen molar-refractivity contribution in [3.8, 4) is 0 Å². The molecule has 1 aromatic carbocycles. The minimum absolute atomic E-state index is 0.0150. The number of rotatable bonds is 4. The lowest BCUT2D eigenvalue weighted by molar-refractivity contribution is -0.0885. The lowest BCUT2D eigenvalue weighted by Crippen LogP contribution is -2.22. The van der Waals surface area contributed by atoms with Crippen molar-refractivity contribution in [2.75, 3.05) is 6.61 Å². The van der Waals surface area contributed by atoms with E-state index in [2.05, 4.69) is 0 Å². The molecule has 5 heteroatoms. The predicted octanol–water partition coefficient (Wildman–Crippen LogP) is 2.83. The molecule has 0 radical (unpaired) electrons. The van der Waals surface area contributed by atoms with Crippen molar-refractivity contribution in [1.82, 2.24) is 0 Å². The second-order valence-electron chi connectivity index (χ2n) is 3.36. The van der Waals surface area contributed by atoms with Gasteiger partial charge in [-0.05, 0) is 12.0 Å². The van der Waals surface area contributed by atoms with Crippen LogP contribution in [-0.2, 0) is 0 Å². The smallest absolute Gasteiger partial charge is 0.396 e. The Hall–Kier alpha value is -1.62. The number of ketones is 1. The number of Topliss-reactive ketones (excluding diaryl/α,β-unsaturated/α-hetero) is 1. The van der Waals surface area contributed by atoms with Gasteiger partial charge in [0.2, 0.25) is 0 Å². The van der Waals surface area contributed by atoms with Gasteiger partial charge in [0.15, 0.2) is 0 Å². The molecule has 92 valence electrons. The lowest BCUT2D eigenvalue weighted by Gasteiger charge is -2.04. The van der Waals surface area contributed by atoms with Gasteiger partial charge < -0.3 is 5.11 Å². The standard InChI is InChI=1S/C12H11F3O2/c13-12(14,15)11(17)10-6-4-9(5-7-10)3-1-2-8-16/h1,3-7,16H,2,8H2. The van der Waals surface area contributed by atoms with Crippen LogP contribution in [0.25, 0.3) is 6.08 Å². The molecule has 0 spiro atoms. The van der Waals surface area contributed by atoms with Crippen LogP contribution in [0.2, 0.25) is 0 Å². The van der Waals surface area contributed by atoms with E-state index in [0.717, 1.165) is 12.1 Å². The third kappa shape index (κ3) is 4.03. The van der Waals surface area contributed by atoms with E-state index in [4.69, 9.17) is 5.11 Å². The molecule has 0 aliphatic carbocycles. The van der Waals surface area contributed by atoms with Crippen LogP contribution >= 0.6 is 0 Å². The minimum atomic E-state index is -4.84. The maximum Gasteiger partial charge on any atom is 0.454 e. The highest BCUT2D eigenvalue weighted by Gasteiger charge is 2.38. The zero-order valence-electron chi connectivity index (χ0n) is 8.87. The molecule has 0 fully saturated rings. The zero-order chi connectivity index (χ0) is 12.9. The van der Waals surface area contributed by atoms with Crippen molar-refractivity contribution >= 4 is 11.9 Å². The molecule has 0 aliphatic rings. The van der Waals surface area contributed by atoms with E-state index < -0.39 is 12.0 Å². The molecular weight excluding hydrogens is 233 g/mol. The first-order valence-electron chi connectivity index (χ1n) is 4.94. The van der Waals surface area contributed by atoms with Crippen molar-refractivity contribution in [3.05, 3.63) is 41.5 Å². The summed E-state index contributed by atoms with van der Waals surface area (Å²) in [5, 5.41) is 8.53. The van der Waals surface area contributed by atoms with E-state index >= 15 is 0 Å². The van der Waals surface area contributed by atoms with Gasteiger partial charge in [-0.25, -0.2) is 0 Å². The third-order valence-electron chi connectivity index (χ3n) is 2.04. The summed E-state index contributed by atoms with van der Waals surface area (Å²) in [4.78, 5) is 10.9. The molecule has 0 saturated heterocycles. The largest absolute Gasteiger partial charge is 0.454 e. The van der Waals surface area contributed by atoms with Crippen LogP contribution in [0.3, 0.4) is 0 Å². The number of halogens is 3. The Bertz CT molecular complexity index is 405. The molecule has 0 aromatic heterocycles. The molecule has 1 rings (SSSR count).